The number of rotatable bonds is 7. The summed E-state index contributed by atoms with van der Waals surface area (Å²) in [5, 5.41) is 2.82. The Balaban J connectivity index is 2.10. The van der Waals surface area contributed by atoms with Gasteiger partial charge in [-0.05, 0) is 37.1 Å². The topological polar surface area (TPSA) is 45.2 Å². The number of carbonyl (C=O) groups excluding carboxylic acids is 1. The summed E-state index contributed by atoms with van der Waals surface area (Å²) in [6.45, 7) is 5.42. The first-order valence-electron chi connectivity index (χ1n) is 8.02. The zero-order valence-electron chi connectivity index (χ0n) is 13.9. The van der Waals surface area contributed by atoms with Crippen LogP contribution in [0.3, 0.4) is 0 Å². The summed E-state index contributed by atoms with van der Waals surface area (Å²) in [4.78, 5) is 18.4. The van der Waals surface area contributed by atoms with Crippen LogP contribution in [-0.4, -0.2) is 28.9 Å². The van der Waals surface area contributed by atoms with Crippen LogP contribution in [0, 0.1) is 11.6 Å². The summed E-state index contributed by atoms with van der Waals surface area (Å²) in [5.74, 6) is -1.44. The van der Waals surface area contributed by atoms with Gasteiger partial charge in [0.05, 0.1) is 17.6 Å². The summed E-state index contributed by atoms with van der Waals surface area (Å²) in [5.41, 5.74) is 1.02. The molecule has 1 heterocycles. The molecule has 0 aliphatic carbocycles. The Morgan fingerprint density at radius 2 is 1.83 bits per heavy atom. The number of hydrogen-bond donors (Lipinski definition) is 1. The van der Waals surface area contributed by atoms with Gasteiger partial charge in [-0.25, -0.2) is 13.8 Å². The molecule has 1 N–H and O–H groups in total. The van der Waals surface area contributed by atoms with Gasteiger partial charge in [0.15, 0.2) is 0 Å². The molecule has 24 heavy (non-hydrogen) atoms. The van der Waals surface area contributed by atoms with Crippen molar-refractivity contribution in [2.45, 2.75) is 26.7 Å². The summed E-state index contributed by atoms with van der Waals surface area (Å²) in [7, 11) is 0. The maximum Gasteiger partial charge on any atom is 0.272 e. The van der Waals surface area contributed by atoms with Gasteiger partial charge in [-0.3, -0.25) is 4.79 Å². The lowest BCUT2D eigenvalue weighted by Gasteiger charge is -2.21. The maximum absolute atomic E-state index is 13.6. The van der Waals surface area contributed by atoms with E-state index in [2.05, 4.69) is 10.3 Å². The van der Waals surface area contributed by atoms with Crippen molar-refractivity contribution in [1.82, 2.24) is 9.88 Å². The Bertz CT molecular complexity index is 683. The van der Waals surface area contributed by atoms with Crippen LogP contribution < -0.4 is 5.32 Å². The second-order valence-corrected chi connectivity index (χ2v) is 5.47. The van der Waals surface area contributed by atoms with Crippen LogP contribution in [0.4, 0.5) is 20.2 Å². The SMILES string of the molecule is CCCN(CCC)C(=O)c1ccc(Nc2ccc(F)cc2F)cn1. The molecule has 0 atom stereocenters. The molecule has 1 aromatic heterocycles. The lowest BCUT2D eigenvalue weighted by molar-refractivity contribution is 0.0749. The zero-order valence-corrected chi connectivity index (χ0v) is 13.9. The van der Waals surface area contributed by atoms with Gasteiger partial charge in [0.1, 0.15) is 17.3 Å². The molecule has 0 saturated carbocycles. The molecule has 0 aliphatic rings. The van der Waals surface area contributed by atoms with Crippen molar-refractivity contribution in [3.8, 4) is 0 Å². The van der Waals surface area contributed by atoms with E-state index in [1.54, 1.807) is 17.0 Å². The predicted molar refractivity (Wildman–Crippen MR) is 90.4 cm³/mol. The Morgan fingerprint density at radius 3 is 2.38 bits per heavy atom. The third-order valence-electron chi connectivity index (χ3n) is 3.47. The van der Waals surface area contributed by atoms with Gasteiger partial charge in [-0.2, -0.15) is 0 Å². The van der Waals surface area contributed by atoms with E-state index in [0.717, 1.165) is 18.9 Å². The third kappa shape index (κ3) is 4.50. The van der Waals surface area contributed by atoms with Crippen LogP contribution in [-0.2, 0) is 0 Å². The number of anilines is 2. The molecular formula is C18H21F2N3O. The van der Waals surface area contributed by atoms with E-state index in [1.165, 1.54) is 18.3 Å². The molecule has 1 aromatic carbocycles. The van der Waals surface area contributed by atoms with E-state index in [4.69, 9.17) is 0 Å². The van der Waals surface area contributed by atoms with E-state index in [1.807, 2.05) is 13.8 Å². The van der Waals surface area contributed by atoms with Crippen LogP contribution in [0.2, 0.25) is 0 Å². The lowest BCUT2D eigenvalue weighted by Crippen LogP contribution is -2.33. The molecule has 0 fully saturated rings. The van der Waals surface area contributed by atoms with Crippen molar-refractivity contribution in [3.05, 3.63) is 53.9 Å². The fourth-order valence-corrected chi connectivity index (χ4v) is 2.36. The first-order valence-corrected chi connectivity index (χ1v) is 8.02. The van der Waals surface area contributed by atoms with Gasteiger partial charge in [-0.15, -0.1) is 0 Å². The van der Waals surface area contributed by atoms with Crippen molar-refractivity contribution in [3.63, 3.8) is 0 Å². The van der Waals surface area contributed by atoms with Crippen LogP contribution in [0.15, 0.2) is 36.5 Å². The third-order valence-corrected chi connectivity index (χ3v) is 3.47. The van der Waals surface area contributed by atoms with Gasteiger partial charge < -0.3 is 10.2 Å². The highest BCUT2D eigenvalue weighted by Gasteiger charge is 2.15. The minimum absolute atomic E-state index is 0.113. The fourth-order valence-electron chi connectivity index (χ4n) is 2.36. The molecular weight excluding hydrogens is 312 g/mol. The quantitative estimate of drug-likeness (QED) is 0.818. The van der Waals surface area contributed by atoms with Gasteiger partial charge in [-0.1, -0.05) is 13.8 Å². The molecule has 0 aliphatic heterocycles. The molecule has 0 radical (unpaired) electrons. The highest BCUT2D eigenvalue weighted by Crippen LogP contribution is 2.20. The lowest BCUT2D eigenvalue weighted by atomic mass is 10.2. The predicted octanol–water partition coefficient (Wildman–Crippen LogP) is 4.37. The van der Waals surface area contributed by atoms with E-state index in [0.29, 0.717) is 24.5 Å². The number of carbonyl (C=O) groups is 1. The van der Waals surface area contributed by atoms with Gasteiger partial charge >= 0.3 is 0 Å². The first kappa shape index (κ1) is 17.8. The second-order valence-electron chi connectivity index (χ2n) is 5.47. The standard InChI is InChI=1S/C18H21F2N3O/c1-3-9-23(10-4-2)18(24)17-8-6-14(12-21-17)22-16-7-5-13(19)11-15(16)20/h5-8,11-12,22H,3-4,9-10H2,1-2H3. The Kier molecular flexibility index (Phi) is 6.23. The highest BCUT2D eigenvalue weighted by molar-refractivity contribution is 5.92. The average molecular weight is 333 g/mol. The number of hydrogen-bond acceptors (Lipinski definition) is 3. The van der Waals surface area contributed by atoms with Gasteiger partial charge in [0, 0.05) is 19.2 Å². The van der Waals surface area contributed by atoms with Crippen molar-refractivity contribution in [2.75, 3.05) is 18.4 Å². The van der Waals surface area contributed by atoms with E-state index >= 15 is 0 Å². The normalized spacial score (nSPS) is 10.5. The number of nitrogens with zero attached hydrogens (tertiary/aromatic N) is 2. The van der Waals surface area contributed by atoms with Gasteiger partial charge in [0.2, 0.25) is 0 Å². The number of halogens is 2. The molecule has 0 unspecified atom stereocenters. The molecule has 2 aromatic rings. The van der Waals surface area contributed by atoms with Crippen molar-refractivity contribution >= 4 is 17.3 Å². The van der Waals surface area contributed by atoms with Crippen LogP contribution in [0.5, 0.6) is 0 Å². The van der Waals surface area contributed by atoms with Crippen molar-refractivity contribution < 1.29 is 13.6 Å². The van der Waals surface area contributed by atoms with Crippen LogP contribution in [0.25, 0.3) is 0 Å². The monoisotopic (exact) mass is 333 g/mol. The Hall–Kier alpha value is -2.50. The minimum Gasteiger partial charge on any atom is -0.352 e. The highest BCUT2D eigenvalue weighted by atomic mass is 19.1. The number of amides is 1. The van der Waals surface area contributed by atoms with Crippen molar-refractivity contribution in [2.24, 2.45) is 0 Å². The minimum atomic E-state index is -0.688. The summed E-state index contributed by atoms with van der Waals surface area (Å²) >= 11 is 0. The first-order chi connectivity index (χ1) is 11.5. The second kappa shape index (κ2) is 8.38. The molecule has 128 valence electrons. The average Bonchev–Trinajstić information content (AvgIpc) is 2.57. The van der Waals surface area contributed by atoms with Crippen LogP contribution >= 0.6 is 0 Å². The smallest absolute Gasteiger partial charge is 0.272 e. The molecule has 0 saturated heterocycles. The number of benzene rings is 1. The summed E-state index contributed by atoms with van der Waals surface area (Å²) < 4.78 is 26.5. The van der Waals surface area contributed by atoms with Gasteiger partial charge in [0.25, 0.3) is 5.91 Å². The maximum atomic E-state index is 13.6. The summed E-state index contributed by atoms with van der Waals surface area (Å²) in [6, 6.07) is 6.54. The molecule has 0 bridgehead atoms. The molecule has 6 heteroatoms. The molecule has 2 rings (SSSR count). The largest absolute Gasteiger partial charge is 0.352 e. The molecule has 4 nitrogen and oxygen atoms in total. The fraction of sp³-hybridized carbons (Fsp3) is 0.333. The Morgan fingerprint density at radius 1 is 1.12 bits per heavy atom. The Labute approximate surface area is 140 Å². The number of nitrogens with one attached hydrogen (secondary N) is 1. The van der Waals surface area contributed by atoms with Crippen LogP contribution in [0.1, 0.15) is 37.2 Å². The molecule has 1 amide bonds. The zero-order chi connectivity index (χ0) is 17.5. The number of pyridine rings is 1. The number of aromatic nitrogens is 1. The summed E-state index contributed by atoms with van der Waals surface area (Å²) in [6.07, 6.45) is 3.23. The van der Waals surface area contributed by atoms with E-state index in [-0.39, 0.29) is 11.6 Å². The molecule has 0 spiro atoms. The van der Waals surface area contributed by atoms with E-state index in [9.17, 15) is 13.6 Å². The van der Waals surface area contributed by atoms with E-state index < -0.39 is 11.6 Å². The van der Waals surface area contributed by atoms with Crippen molar-refractivity contribution in [1.29, 1.82) is 0 Å².